The highest BCUT2D eigenvalue weighted by Gasteiger charge is 2.32. The topological polar surface area (TPSA) is 64.3 Å². The average molecular weight is 378 g/mol. The molecule has 1 aliphatic rings. The van der Waals surface area contributed by atoms with Crippen molar-refractivity contribution < 1.29 is 9.53 Å². The quantitative estimate of drug-likeness (QED) is 0.801. The van der Waals surface area contributed by atoms with Gasteiger partial charge in [-0.25, -0.2) is 0 Å². The Morgan fingerprint density at radius 2 is 2.19 bits per heavy atom. The number of halogens is 2. The number of rotatable bonds is 6. The van der Waals surface area contributed by atoms with Crippen molar-refractivity contribution in [3.05, 3.63) is 28.2 Å². The van der Waals surface area contributed by atoms with Crippen molar-refractivity contribution in [1.29, 1.82) is 0 Å². The Labute approximate surface area is 140 Å². The summed E-state index contributed by atoms with van der Waals surface area (Å²) < 4.78 is 6.56. The number of aryl methyl sites for hydroxylation is 1. The van der Waals surface area contributed by atoms with E-state index in [1.165, 1.54) is 0 Å². The average Bonchev–Trinajstić information content (AvgIpc) is 3.23. The second-order valence-electron chi connectivity index (χ2n) is 5.38. The van der Waals surface area contributed by atoms with Crippen LogP contribution in [0.1, 0.15) is 25.3 Å². The van der Waals surface area contributed by atoms with Crippen LogP contribution in [0.15, 0.2) is 22.7 Å². The summed E-state index contributed by atoms with van der Waals surface area (Å²) in [4.78, 5) is 12.1. The van der Waals surface area contributed by atoms with Crippen LogP contribution in [-0.4, -0.2) is 24.6 Å². The minimum Gasteiger partial charge on any atom is -0.480 e. The molecule has 4 nitrogen and oxygen atoms in total. The zero-order valence-electron chi connectivity index (χ0n) is 12.3. The van der Waals surface area contributed by atoms with Gasteiger partial charge < -0.3 is 15.8 Å². The minimum atomic E-state index is -0.540. The van der Waals surface area contributed by atoms with Crippen molar-refractivity contribution in [1.82, 2.24) is 5.32 Å². The summed E-state index contributed by atoms with van der Waals surface area (Å²) in [5.74, 6) is 1.11. The largest absolute Gasteiger partial charge is 0.480 e. The number of carbonyl (C=O) groups excluding carboxylic acids is 1. The van der Waals surface area contributed by atoms with Crippen molar-refractivity contribution in [2.75, 3.05) is 6.54 Å². The highest BCUT2D eigenvalue weighted by atomic mass is 79.9. The lowest BCUT2D eigenvalue weighted by Crippen LogP contribution is -2.46. The van der Waals surface area contributed by atoms with Gasteiger partial charge in [-0.1, -0.05) is 6.07 Å². The van der Waals surface area contributed by atoms with Gasteiger partial charge in [0.05, 0.1) is 4.47 Å². The second-order valence-corrected chi connectivity index (χ2v) is 6.24. The molecule has 6 heteroatoms. The molecule has 1 aliphatic carbocycles. The maximum atomic E-state index is 12.1. The van der Waals surface area contributed by atoms with Crippen LogP contribution < -0.4 is 15.8 Å². The molecule has 118 valence electrons. The summed E-state index contributed by atoms with van der Waals surface area (Å²) in [6.45, 7) is 4.24. The van der Waals surface area contributed by atoms with E-state index in [1.54, 1.807) is 6.92 Å². The van der Waals surface area contributed by atoms with Gasteiger partial charge in [-0.3, -0.25) is 4.79 Å². The first-order valence-corrected chi connectivity index (χ1v) is 7.73. The fourth-order valence-electron chi connectivity index (χ4n) is 2.11. The summed E-state index contributed by atoms with van der Waals surface area (Å²) >= 11 is 3.45. The molecule has 0 aliphatic heterocycles. The number of nitrogens with two attached hydrogens (primary N) is 1. The number of carbonyl (C=O) groups is 1. The Balaban J connectivity index is 0.00000220. The predicted octanol–water partition coefficient (Wildman–Crippen LogP) is 2.80. The molecular formula is C15H22BrClN2O2. The first-order valence-electron chi connectivity index (χ1n) is 6.94. The molecule has 3 N–H and O–H groups in total. The summed E-state index contributed by atoms with van der Waals surface area (Å²) in [6.07, 6.45) is 1.77. The summed E-state index contributed by atoms with van der Waals surface area (Å²) in [5.41, 5.74) is 6.83. The third-order valence-corrected chi connectivity index (χ3v) is 4.15. The molecule has 0 spiro atoms. The lowest BCUT2D eigenvalue weighted by Gasteiger charge is -2.20. The lowest BCUT2D eigenvalue weighted by molar-refractivity contribution is -0.128. The van der Waals surface area contributed by atoms with Crippen molar-refractivity contribution in [3.63, 3.8) is 0 Å². The van der Waals surface area contributed by atoms with Gasteiger partial charge in [0.15, 0.2) is 6.10 Å². The highest BCUT2D eigenvalue weighted by Crippen LogP contribution is 2.32. The fourth-order valence-corrected chi connectivity index (χ4v) is 2.70. The molecule has 21 heavy (non-hydrogen) atoms. The summed E-state index contributed by atoms with van der Waals surface area (Å²) in [5, 5.41) is 2.98. The Hall–Kier alpha value is -0.780. The molecule has 1 aromatic rings. The minimum absolute atomic E-state index is 0. The van der Waals surface area contributed by atoms with E-state index >= 15 is 0 Å². The predicted molar refractivity (Wildman–Crippen MR) is 89.9 cm³/mol. The van der Waals surface area contributed by atoms with E-state index in [2.05, 4.69) is 21.2 Å². The number of ether oxygens (including phenoxy) is 1. The monoisotopic (exact) mass is 376 g/mol. The van der Waals surface area contributed by atoms with E-state index in [1.807, 2.05) is 25.1 Å². The maximum absolute atomic E-state index is 12.1. The highest BCUT2D eigenvalue weighted by molar-refractivity contribution is 9.10. The molecule has 2 atom stereocenters. The third-order valence-electron chi connectivity index (χ3n) is 3.53. The fraction of sp³-hybridized carbons (Fsp3) is 0.533. The van der Waals surface area contributed by atoms with Crippen LogP contribution in [0.5, 0.6) is 5.75 Å². The van der Waals surface area contributed by atoms with Gasteiger partial charge in [0.2, 0.25) is 0 Å². The first-order chi connectivity index (χ1) is 9.51. The van der Waals surface area contributed by atoms with E-state index in [4.69, 9.17) is 10.5 Å². The summed E-state index contributed by atoms with van der Waals surface area (Å²) in [6, 6.07) is 5.87. The van der Waals surface area contributed by atoms with Gasteiger partial charge in [-0.2, -0.15) is 0 Å². The van der Waals surface area contributed by atoms with Crippen LogP contribution in [-0.2, 0) is 4.79 Å². The lowest BCUT2D eigenvalue weighted by atomic mass is 10.2. The van der Waals surface area contributed by atoms with E-state index in [0.29, 0.717) is 18.2 Å². The van der Waals surface area contributed by atoms with Crippen molar-refractivity contribution in [3.8, 4) is 5.75 Å². The van der Waals surface area contributed by atoms with E-state index in [-0.39, 0.29) is 24.4 Å². The van der Waals surface area contributed by atoms with Gasteiger partial charge in [0.25, 0.3) is 5.91 Å². The molecule has 2 unspecified atom stereocenters. The van der Waals surface area contributed by atoms with E-state index in [9.17, 15) is 4.79 Å². The van der Waals surface area contributed by atoms with Crippen molar-refractivity contribution in [2.45, 2.75) is 38.8 Å². The second kappa shape index (κ2) is 8.01. The van der Waals surface area contributed by atoms with Crippen LogP contribution >= 0.6 is 28.3 Å². The van der Waals surface area contributed by atoms with Gasteiger partial charge >= 0.3 is 0 Å². The Kier molecular flexibility index (Phi) is 6.97. The Morgan fingerprint density at radius 1 is 1.52 bits per heavy atom. The van der Waals surface area contributed by atoms with Crippen LogP contribution in [0.25, 0.3) is 0 Å². The standard InChI is InChI=1S/C15H21BrN2O2.ClH/c1-9-3-6-14(12(16)7-9)20-10(2)15(19)18-13(8-17)11-4-5-11;/h3,6-7,10-11,13H,4-5,8,17H2,1-2H3,(H,18,19);1H. The molecule has 1 amide bonds. The van der Waals surface area contributed by atoms with Gasteiger partial charge in [0, 0.05) is 12.6 Å². The molecule has 0 aromatic heterocycles. The number of hydrogen-bond donors (Lipinski definition) is 2. The molecule has 1 saturated carbocycles. The Morgan fingerprint density at radius 3 is 2.71 bits per heavy atom. The Bertz CT molecular complexity index is 495. The molecule has 0 radical (unpaired) electrons. The number of benzene rings is 1. The number of nitrogens with one attached hydrogen (secondary N) is 1. The van der Waals surface area contributed by atoms with Crippen LogP contribution in [0.4, 0.5) is 0 Å². The third kappa shape index (κ3) is 5.16. The molecule has 2 rings (SSSR count). The molecule has 0 saturated heterocycles. The number of hydrogen-bond acceptors (Lipinski definition) is 3. The van der Waals surface area contributed by atoms with Gasteiger partial charge in [-0.05, 0) is 66.2 Å². The van der Waals surface area contributed by atoms with Gasteiger partial charge in [0.1, 0.15) is 5.75 Å². The molecular weight excluding hydrogens is 356 g/mol. The maximum Gasteiger partial charge on any atom is 0.261 e. The van der Waals surface area contributed by atoms with Crippen LogP contribution in [0, 0.1) is 12.8 Å². The normalized spacial score (nSPS) is 16.6. The molecule has 0 heterocycles. The van der Waals surface area contributed by atoms with Gasteiger partial charge in [-0.15, -0.1) is 12.4 Å². The smallest absolute Gasteiger partial charge is 0.261 e. The van der Waals surface area contributed by atoms with Crippen molar-refractivity contribution in [2.24, 2.45) is 11.7 Å². The molecule has 1 fully saturated rings. The van der Waals surface area contributed by atoms with E-state index < -0.39 is 6.10 Å². The SMILES string of the molecule is Cc1ccc(OC(C)C(=O)NC(CN)C2CC2)c(Br)c1.Cl. The van der Waals surface area contributed by atoms with Crippen LogP contribution in [0.2, 0.25) is 0 Å². The van der Waals surface area contributed by atoms with E-state index in [0.717, 1.165) is 22.9 Å². The summed E-state index contributed by atoms with van der Waals surface area (Å²) in [7, 11) is 0. The molecule has 0 bridgehead atoms. The zero-order chi connectivity index (χ0) is 14.7. The first kappa shape index (κ1) is 18.3. The number of amides is 1. The van der Waals surface area contributed by atoms with Crippen molar-refractivity contribution >= 4 is 34.2 Å². The molecule has 1 aromatic carbocycles. The zero-order valence-corrected chi connectivity index (χ0v) is 14.7. The van der Waals surface area contributed by atoms with Crippen LogP contribution in [0.3, 0.4) is 0 Å².